The molecule has 3 aliphatic carbocycles. The first-order chi connectivity index (χ1) is 7.96. The van der Waals surface area contributed by atoms with Crippen LogP contribution in [0.15, 0.2) is 0 Å². The van der Waals surface area contributed by atoms with Gasteiger partial charge in [-0.1, -0.05) is 20.8 Å². The molecule has 0 N–H and O–H groups in total. The first-order valence-corrected chi connectivity index (χ1v) is 7.16. The maximum atomic E-state index is 11.8. The van der Waals surface area contributed by atoms with Crippen LogP contribution >= 0.6 is 0 Å². The van der Waals surface area contributed by atoms with Gasteiger partial charge in [-0.2, -0.15) is 0 Å². The van der Waals surface area contributed by atoms with Crippen molar-refractivity contribution >= 4 is 5.97 Å². The van der Waals surface area contributed by atoms with Gasteiger partial charge in [0, 0.05) is 11.8 Å². The number of hydrogen-bond acceptors (Lipinski definition) is 2. The van der Waals surface area contributed by atoms with Gasteiger partial charge in [0.25, 0.3) is 0 Å². The smallest absolute Gasteiger partial charge is 0.309 e. The molecular weight excluding hydrogens is 212 g/mol. The minimum Gasteiger partial charge on any atom is -0.461 e. The van der Waals surface area contributed by atoms with Crippen LogP contribution in [0.3, 0.4) is 0 Å². The Morgan fingerprint density at radius 3 is 2.82 bits per heavy atom. The van der Waals surface area contributed by atoms with E-state index in [4.69, 9.17) is 4.74 Å². The molecule has 0 radical (unpaired) electrons. The van der Waals surface area contributed by atoms with Crippen molar-refractivity contribution in [2.45, 2.75) is 52.6 Å². The minimum absolute atomic E-state index is 0.0666. The van der Waals surface area contributed by atoms with Crippen LogP contribution in [0.1, 0.15) is 46.5 Å². The van der Waals surface area contributed by atoms with Crippen molar-refractivity contribution < 1.29 is 9.53 Å². The molecule has 4 rings (SSSR count). The number of esters is 1. The van der Waals surface area contributed by atoms with Crippen molar-refractivity contribution in [1.29, 1.82) is 0 Å². The summed E-state index contributed by atoms with van der Waals surface area (Å²) in [5.74, 6) is 2.29. The first-order valence-electron chi connectivity index (χ1n) is 7.16. The molecule has 7 atom stereocenters. The lowest BCUT2D eigenvalue weighted by Gasteiger charge is -2.46. The highest BCUT2D eigenvalue weighted by atomic mass is 16.6. The molecule has 2 heteroatoms. The zero-order valence-corrected chi connectivity index (χ0v) is 11.0. The Labute approximate surface area is 103 Å². The van der Waals surface area contributed by atoms with Crippen LogP contribution in [-0.4, -0.2) is 12.1 Å². The van der Waals surface area contributed by atoms with Gasteiger partial charge >= 0.3 is 5.97 Å². The van der Waals surface area contributed by atoms with Crippen LogP contribution in [-0.2, 0) is 9.53 Å². The van der Waals surface area contributed by atoms with Crippen LogP contribution in [0.25, 0.3) is 0 Å². The predicted octanol–water partition coefficient (Wildman–Crippen LogP) is 3.01. The molecule has 1 saturated heterocycles. The van der Waals surface area contributed by atoms with Gasteiger partial charge in [0.05, 0.1) is 5.92 Å². The Hall–Kier alpha value is -0.530. The van der Waals surface area contributed by atoms with Gasteiger partial charge in [-0.15, -0.1) is 0 Å². The van der Waals surface area contributed by atoms with Crippen molar-refractivity contribution in [1.82, 2.24) is 0 Å². The van der Waals surface area contributed by atoms with Crippen LogP contribution in [0, 0.1) is 34.5 Å². The molecule has 0 unspecified atom stereocenters. The Bertz CT molecular complexity index is 404. The molecule has 17 heavy (non-hydrogen) atoms. The molecule has 0 spiro atoms. The third-order valence-corrected chi connectivity index (χ3v) is 6.70. The SMILES string of the molecule is C[C@@H]1C(=O)O[C@@H]2[C@H]1CC[C@]1(C)C[C@@H]3C[C@]3(C)[C@@H]21. The predicted molar refractivity (Wildman–Crippen MR) is 64.2 cm³/mol. The van der Waals surface area contributed by atoms with E-state index in [1.54, 1.807) is 0 Å². The van der Waals surface area contributed by atoms with E-state index in [0.717, 1.165) is 5.92 Å². The van der Waals surface area contributed by atoms with E-state index in [2.05, 4.69) is 20.8 Å². The van der Waals surface area contributed by atoms with E-state index in [1.807, 2.05) is 0 Å². The fourth-order valence-electron chi connectivity index (χ4n) is 5.69. The molecule has 4 fully saturated rings. The molecule has 0 amide bonds. The highest BCUT2D eigenvalue weighted by Crippen LogP contribution is 2.76. The van der Waals surface area contributed by atoms with Crippen LogP contribution in [0.2, 0.25) is 0 Å². The summed E-state index contributed by atoms with van der Waals surface area (Å²) >= 11 is 0. The van der Waals surface area contributed by atoms with Crippen LogP contribution in [0.4, 0.5) is 0 Å². The summed E-state index contributed by atoms with van der Waals surface area (Å²) in [5, 5.41) is 0. The summed E-state index contributed by atoms with van der Waals surface area (Å²) in [6.45, 7) is 6.95. The highest BCUT2D eigenvalue weighted by Gasteiger charge is 2.72. The summed E-state index contributed by atoms with van der Waals surface area (Å²) in [7, 11) is 0. The molecule has 3 saturated carbocycles. The maximum absolute atomic E-state index is 11.8. The van der Waals surface area contributed by atoms with Gasteiger partial charge in [0.2, 0.25) is 0 Å². The third kappa shape index (κ3) is 1.06. The molecule has 1 heterocycles. The number of ether oxygens (including phenoxy) is 1. The molecule has 0 aromatic rings. The molecular formula is C15H22O2. The van der Waals surface area contributed by atoms with E-state index in [0.29, 0.717) is 22.7 Å². The topological polar surface area (TPSA) is 26.3 Å². The Balaban J connectivity index is 1.74. The van der Waals surface area contributed by atoms with Gasteiger partial charge in [-0.3, -0.25) is 4.79 Å². The molecule has 1 aliphatic heterocycles. The second-order valence-corrected chi connectivity index (χ2v) is 7.64. The number of carbonyl (C=O) groups excluding carboxylic acids is 1. The molecule has 2 nitrogen and oxygen atoms in total. The van der Waals surface area contributed by atoms with E-state index in [9.17, 15) is 4.79 Å². The molecule has 0 aromatic carbocycles. The van der Waals surface area contributed by atoms with Gasteiger partial charge in [0.15, 0.2) is 0 Å². The quantitative estimate of drug-likeness (QED) is 0.602. The lowest BCUT2D eigenvalue weighted by Crippen LogP contribution is -2.45. The van der Waals surface area contributed by atoms with E-state index < -0.39 is 0 Å². The number of rotatable bonds is 0. The lowest BCUT2D eigenvalue weighted by molar-refractivity contribution is -0.149. The van der Waals surface area contributed by atoms with E-state index in [-0.39, 0.29) is 18.0 Å². The molecule has 0 bridgehead atoms. The standard InChI is InChI=1S/C15H22O2/c1-8-10-4-5-14(2)6-9-7-15(9,3)12(14)11(10)17-13(8)16/h8-12H,4-7H2,1-3H3/t8-,9+,10-,11+,12-,14+,15-/m0/s1. The first kappa shape index (κ1) is 10.4. The number of hydrogen-bond donors (Lipinski definition) is 0. The van der Waals surface area contributed by atoms with Gasteiger partial charge in [0.1, 0.15) is 6.10 Å². The van der Waals surface area contributed by atoms with Crippen molar-refractivity contribution in [2.75, 3.05) is 0 Å². The monoisotopic (exact) mass is 234 g/mol. The van der Waals surface area contributed by atoms with Crippen LogP contribution in [0.5, 0.6) is 0 Å². The summed E-state index contributed by atoms with van der Waals surface area (Å²) in [6, 6.07) is 0. The Kier molecular flexibility index (Phi) is 1.67. The number of fused-ring (bicyclic) bond motifs is 5. The average molecular weight is 234 g/mol. The number of carbonyl (C=O) groups is 1. The third-order valence-electron chi connectivity index (χ3n) is 6.70. The van der Waals surface area contributed by atoms with Crippen molar-refractivity contribution in [3.8, 4) is 0 Å². The van der Waals surface area contributed by atoms with E-state index >= 15 is 0 Å². The van der Waals surface area contributed by atoms with Crippen molar-refractivity contribution in [3.63, 3.8) is 0 Å². The van der Waals surface area contributed by atoms with Gasteiger partial charge < -0.3 is 4.74 Å². The zero-order chi connectivity index (χ0) is 12.0. The summed E-state index contributed by atoms with van der Waals surface area (Å²) < 4.78 is 5.78. The second-order valence-electron chi connectivity index (χ2n) is 7.64. The average Bonchev–Trinajstić information content (AvgIpc) is 2.68. The van der Waals surface area contributed by atoms with Crippen LogP contribution < -0.4 is 0 Å². The Morgan fingerprint density at radius 2 is 2.06 bits per heavy atom. The van der Waals surface area contributed by atoms with Gasteiger partial charge in [-0.05, 0) is 42.4 Å². The highest BCUT2D eigenvalue weighted by molar-refractivity contribution is 5.75. The van der Waals surface area contributed by atoms with Crippen molar-refractivity contribution in [3.05, 3.63) is 0 Å². The summed E-state index contributed by atoms with van der Waals surface area (Å²) in [5.41, 5.74) is 0.964. The fourth-order valence-corrected chi connectivity index (χ4v) is 5.69. The molecule has 4 aliphatic rings. The summed E-state index contributed by atoms with van der Waals surface area (Å²) in [4.78, 5) is 11.8. The summed E-state index contributed by atoms with van der Waals surface area (Å²) in [6.07, 6.45) is 5.51. The lowest BCUT2D eigenvalue weighted by atomic mass is 9.59. The van der Waals surface area contributed by atoms with Crippen molar-refractivity contribution in [2.24, 2.45) is 34.5 Å². The molecule has 0 aromatic heterocycles. The van der Waals surface area contributed by atoms with E-state index in [1.165, 1.54) is 25.7 Å². The largest absolute Gasteiger partial charge is 0.461 e. The molecule has 94 valence electrons. The Morgan fingerprint density at radius 1 is 1.29 bits per heavy atom. The van der Waals surface area contributed by atoms with Gasteiger partial charge in [-0.25, -0.2) is 0 Å². The second kappa shape index (κ2) is 2.73. The normalized spacial score (nSPS) is 63.7. The fraction of sp³-hybridized carbons (Fsp3) is 0.933. The zero-order valence-electron chi connectivity index (χ0n) is 11.0. The maximum Gasteiger partial charge on any atom is 0.309 e. The minimum atomic E-state index is 0.0666.